The number of phenols is 1. The van der Waals surface area contributed by atoms with Gasteiger partial charge in [0.25, 0.3) is 11.5 Å². The fourth-order valence-electron chi connectivity index (χ4n) is 4.28. The Labute approximate surface area is 216 Å². The monoisotopic (exact) mass is 510 g/mol. The quantitative estimate of drug-likeness (QED) is 0.324. The number of carbonyl (C=O) groups is 1. The number of carbonyl (C=O) groups excluding carboxylic acids is 1. The molecule has 0 aliphatic rings. The number of para-hydroxylation sites is 1. The molecule has 0 radical (unpaired) electrons. The van der Waals surface area contributed by atoms with Gasteiger partial charge in [-0.3, -0.25) is 14.3 Å². The summed E-state index contributed by atoms with van der Waals surface area (Å²) >= 11 is 0. The normalized spacial score (nSPS) is 10.9. The van der Waals surface area contributed by atoms with Crippen molar-refractivity contribution >= 4 is 17.5 Å². The van der Waals surface area contributed by atoms with Crippen LogP contribution in [0.2, 0.25) is 0 Å². The summed E-state index contributed by atoms with van der Waals surface area (Å²) in [5.41, 5.74) is 7.90. The summed E-state index contributed by atoms with van der Waals surface area (Å²) in [5.74, 6) is -1.25. The van der Waals surface area contributed by atoms with Gasteiger partial charge in [0.15, 0.2) is 0 Å². The van der Waals surface area contributed by atoms with Gasteiger partial charge in [0, 0.05) is 30.1 Å². The molecule has 190 valence electrons. The summed E-state index contributed by atoms with van der Waals surface area (Å²) in [5, 5.41) is 12.9. The first-order valence-electron chi connectivity index (χ1n) is 11.6. The standard InChI is InChI=1S/C28H23FN6O3/c1-16-25(27(38)35(34(16)2)19-6-4-3-5-7-19)26(37)32-18-9-10-20(22(29)15-18)17-8-11-24(36)21(14-17)23-12-13-31-28(30)33-23/h3-15,36H,1-2H3,(H,32,37)(H2,30,31,33). The van der Waals surface area contributed by atoms with Crippen LogP contribution < -0.4 is 16.6 Å². The summed E-state index contributed by atoms with van der Waals surface area (Å²) < 4.78 is 18.2. The Hall–Kier alpha value is -5.25. The van der Waals surface area contributed by atoms with Crippen LogP contribution >= 0.6 is 0 Å². The maximum Gasteiger partial charge on any atom is 0.284 e. The first-order valence-corrected chi connectivity index (χ1v) is 11.6. The lowest BCUT2D eigenvalue weighted by molar-refractivity contribution is 0.102. The van der Waals surface area contributed by atoms with Crippen LogP contribution in [0, 0.1) is 12.7 Å². The van der Waals surface area contributed by atoms with Gasteiger partial charge in [0.2, 0.25) is 5.95 Å². The number of aromatic nitrogens is 4. The summed E-state index contributed by atoms with van der Waals surface area (Å²) in [6.07, 6.45) is 1.46. The molecule has 0 spiro atoms. The average Bonchev–Trinajstić information content (AvgIpc) is 3.12. The number of hydrogen-bond acceptors (Lipinski definition) is 6. The van der Waals surface area contributed by atoms with Gasteiger partial charge < -0.3 is 16.2 Å². The molecule has 5 aromatic rings. The Morgan fingerprint density at radius 1 is 1.03 bits per heavy atom. The number of phenolic OH excluding ortho intramolecular Hbond substituents is 1. The van der Waals surface area contributed by atoms with E-state index in [9.17, 15) is 14.7 Å². The average molecular weight is 511 g/mol. The Kier molecular flexibility index (Phi) is 6.21. The van der Waals surface area contributed by atoms with Crippen molar-refractivity contribution < 1.29 is 14.3 Å². The molecular weight excluding hydrogens is 487 g/mol. The predicted octanol–water partition coefficient (Wildman–Crippen LogP) is 4.29. The lowest BCUT2D eigenvalue weighted by Gasteiger charge is -2.11. The minimum atomic E-state index is -0.641. The molecule has 4 N–H and O–H groups in total. The van der Waals surface area contributed by atoms with Crippen LogP contribution in [0.25, 0.3) is 28.1 Å². The number of hydrogen-bond donors (Lipinski definition) is 3. The van der Waals surface area contributed by atoms with Crippen LogP contribution in [0.4, 0.5) is 16.0 Å². The number of nitrogens with two attached hydrogens (primary N) is 1. The van der Waals surface area contributed by atoms with E-state index in [1.165, 1.54) is 29.1 Å². The fourth-order valence-corrected chi connectivity index (χ4v) is 4.28. The van der Waals surface area contributed by atoms with E-state index in [1.54, 1.807) is 67.2 Å². The van der Waals surface area contributed by atoms with Gasteiger partial charge in [-0.05, 0) is 61.0 Å². The van der Waals surface area contributed by atoms with Gasteiger partial charge in [0.1, 0.15) is 17.1 Å². The molecule has 38 heavy (non-hydrogen) atoms. The van der Waals surface area contributed by atoms with Crippen LogP contribution in [0.1, 0.15) is 16.1 Å². The van der Waals surface area contributed by atoms with Crippen molar-refractivity contribution in [3.05, 3.63) is 106 Å². The molecule has 0 aliphatic carbocycles. The number of rotatable bonds is 5. The van der Waals surface area contributed by atoms with Crippen molar-refractivity contribution in [1.29, 1.82) is 0 Å². The maximum atomic E-state index is 15.2. The highest BCUT2D eigenvalue weighted by Gasteiger charge is 2.22. The molecule has 5 rings (SSSR count). The molecule has 0 atom stereocenters. The largest absolute Gasteiger partial charge is 0.507 e. The molecule has 0 aliphatic heterocycles. The second-order valence-electron chi connectivity index (χ2n) is 8.62. The minimum absolute atomic E-state index is 0.0341. The van der Waals surface area contributed by atoms with Crippen LogP contribution in [0.5, 0.6) is 5.75 Å². The highest BCUT2D eigenvalue weighted by molar-refractivity contribution is 6.05. The number of nitrogen functional groups attached to an aromatic ring is 1. The number of aromatic hydroxyl groups is 1. The van der Waals surface area contributed by atoms with Crippen LogP contribution in [-0.2, 0) is 7.05 Å². The predicted molar refractivity (Wildman–Crippen MR) is 143 cm³/mol. The summed E-state index contributed by atoms with van der Waals surface area (Å²) in [4.78, 5) is 34.2. The second kappa shape index (κ2) is 9.66. The molecule has 0 saturated heterocycles. The van der Waals surface area contributed by atoms with E-state index < -0.39 is 17.3 Å². The molecule has 3 aromatic carbocycles. The zero-order chi connectivity index (χ0) is 27.0. The third-order valence-electron chi connectivity index (χ3n) is 6.27. The van der Waals surface area contributed by atoms with Gasteiger partial charge in [0.05, 0.1) is 17.1 Å². The molecule has 9 nitrogen and oxygen atoms in total. The van der Waals surface area contributed by atoms with Crippen LogP contribution in [0.15, 0.2) is 83.8 Å². The summed E-state index contributed by atoms with van der Waals surface area (Å²) in [7, 11) is 1.69. The van der Waals surface area contributed by atoms with E-state index in [0.29, 0.717) is 28.2 Å². The molecule has 0 saturated carbocycles. The Bertz CT molecular complexity index is 1740. The van der Waals surface area contributed by atoms with E-state index in [2.05, 4.69) is 15.3 Å². The molecule has 10 heteroatoms. The van der Waals surface area contributed by atoms with E-state index >= 15 is 4.39 Å². The first kappa shape index (κ1) is 24.4. The molecule has 0 fully saturated rings. The van der Waals surface area contributed by atoms with E-state index in [1.807, 2.05) is 6.07 Å². The molecule has 1 amide bonds. The van der Waals surface area contributed by atoms with Crippen molar-refractivity contribution in [2.45, 2.75) is 6.92 Å². The highest BCUT2D eigenvalue weighted by atomic mass is 19.1. The van der Waals surface area contributed by atoms with Crippen molar-refractivity contribution in [2.75, 3.05) is 11.1 Å². The van der Waals surface area contributed by atoms with Gasteiger partial charge in [-0.15, -0.1) is 0 Å². The Morgan fingerprint density at radius 2 is 1.79 bits per heavy atom. The fraction of sp³-hybridized carbons (Fsp3) is 0.0714. The third kappa shape index (κ3) is 4.39. The number of nitrogens with one attached hydrogen (secondary N) is 1. The van der Waals surface area contributed by atoms with Crippen LogP contribution in [0.3, 0.4) is 0 Å². The first-order chi connectivity index (χ1) is 18.2. The van der Waals surface area contributed by atoms with E-state index in [0.717, 1.165) is 0 Å². The van der Waals surface area contributed by atoms with Gasteiger partial charge >= 0.3 is 0 Å². The molecule has 2 heterocycles. The maximum absolute atomic E-state index is 15.2. The smallest absolute Gasteiger partial charge is 0.284 e. The molecule has 2 aromatic heterocycles. The summed E-state index contributed by atoms with van der Waals surface area (Å²) in [6.45, 7) is 1.67. The second-order valence-corrected chi connectivity index (χ2v) is 8.62. The van der Waals surface area contributed by atoms with Crippen LogP contribution in [-0.4, -0.2) is 30.3 Å². The lowest BCUT2D eigenvalue weighted by atomic mass is 10.00. The SMILES string of the molecule is Cc1c(C(=O)Nc2ccc(-c3ccc(O)c(-c4ccnc(N)n4)c3)c(F)c2)c(=O)n(-c2ccccc2)n1C. The Balaban J connectivity index is 1.44. The van der Waals surface area contributed by atoms with E-state index in [-0.39, 0.29) is 28.5 Å². The Morgan fingerprint density at radius 3 is 2.50 bits per heavy atom. The van der Waals surface area contributed by atoms with Gasteiger partial charge in [-0.1, -0.05) is 24.3 Å². The van der Waals surface area contributed by atoms with Gasteiger partial charge in [-0.25, -0.2) is 19.0 Å². The number of nitrogens with zero attached hydrogens (tertiary/aromatic N) is 4. The van der Waals surface area contributed by atoms with Crippen molar-refractivity contribution in [1.82, 2.24) is 19.3 Å². The minimum Gasteiger partial charge on any atom is -0.507 e. The van der Waals surface area contributed by atoms with Crippen molar-refractivity contribution in [3.8, 4) is 33.8 Å². The molecule has 0 unspecified atom stereocenters. The topological polar surface area (TPSA) is 128 Å². The number of benzene rings is 3. The molecule has 0 bridgehead atoms. The number of anilines is 2. The number of amides is 1. The summed E-state index contributed by atoms with van der Waals surface area (Å²) in [6, 6.07) is 19.4. The van der Waals surface area contributed by atoms with E-state index in [4.69, 9.17) is 5.73 Å². The molecular formula is C28H23FN6O3. The van der Waals surface area contributed by atoms with Crippen molar-refractivity contribution in [3.63, 3.8) is 0 Å². The lowest BCUT2D eigenvalue weighted by Crippen LogP contribution is -2.25. The third-order valence-corrected chi connectivity index (χ3v) is 6.27. The number of halogens is 1. The highest BCUT2D eigenvalue weighted by Crippen LogP contribution is 2.34. The van der Waals surface area contributed by atoms with Gasteiger partial charge in [-0.2, -0.15) is 0 Å². The van der Waals surface area contributed by atoms with Crippen molar-refractivity contribution in [2.24, 2.45) is 7.05 Å². The zero-order valence-electron chi connectivity index (χ0n) is 20.5. The zero-order valence-corrected chi connectivity index (χ0v) is 20.5.